The molecule has 0 aliphatic heterocycles. The zero-order valence-corrected chi connectivity index (χ0v) is 15.3. The first-order valence-corrected chi connectivity index (χ1v) is 8.78. The Morgan fingerprint density at radius 1 is 1.05 bits per heavy atom. The second-order valence-corrected chi connectivity index (χ2v) is 8.32. The topological polar surface area (TPSA) is 64.6 Å². The van der Waals surface area contributed by atoms with Crippen LogP contribution in [0.1, 0.15) is 20.8 Å². The molecule has 1 N–H and O–H groups in total. The van der Waals surface area contributed by atoms with Crippen LogP contribution in [0.15, 0.2) is 30.3 Å². The number of esters is 2. The van der Waals surface area contributed by atoms with E-state index in [1.54, 1.807) is 0 Å². The van der Waals surface area contributed by atoms with Crippen LogP contribution in [0.5, 0.6) is 0 Å². The number of hydrogen-bond donors (Lipinski definition) is 1. The molecule has 0 aromatic heterocycles. The molecule has 0 fully saturated rings. The van der Waals surface area contributed by atoms with Crippen molar-refractivity contribution in [2.75, 3.05) is 14.2 Å². The molecule has 0 aliphatic carbocycles. The zero-order valence-electron chi connectivity index (χ0n) is 13.6. The van der Waals surface area contributed by atoms with E-state index >= 15 is 0 Å². The van der Waals surface area contributed by atoms with Gasteiger partial charge in [0, 0.05) is 0 Å². The molecule has 1 aromatic rings. The molecule has 0 bridgehead atoms. The molecule has 122 valence electrons. The van der Waals surface area contributed by atoms with Gasteiger partial charge in [0.25, 0.3) is 0 Å². The number of carbonyl (C=O) groups is 2. The summed E-state index contributed by atoms with van der Waals surface area (Å²) in [6.07, 6.45) is 0. The molecule has 0 unspecified atom stereocenters. The summed E-state index contributed by atoms with van der Waals surface area (Å²) in [6, 6.07) is 8.89. The number of methoxy groups -OCH3 is 2. The first-order valence-electron chi connectivity index (χ1n) is 6.93. The number of rotatable bonds is 6. The SMILES string of the molecule is COC(=O)[C@@H](NC(C)(C)C)[C@@H]([Se]c1ccccc1)C(=O)OC. The average Bonchev–Trinajstić information content (AvgIpc) is 2.49. The van der Waals surface area contributed by atoms with Gasteiger partial charge in [-0.05, 0) is 0 Å². The Balaban J connectivity index is 3.08. The Labute approximate surface area is 137 Å². The number of ether oxygens (including phenoxy) is 2. The standard InChI is InChI=1S/C16H23NO4Se/c1-16(2,3)17-12(14(18)20-4)13(15(19)21-5)22-11-9-7-6-8-10-11/h6-10,12-13,17H,1-5H3/t12-,13+/m0/s1. The molecule has 0 saturated carbocycles. The molecule has 0 heterocycles. The molecule has 0 spiro atoms. The Kier molecular flexibility index (Phi) is 7.07. The van der Waals surface area contributed by atoms with Crippen molar-refractivity contribution in [3.05, 3.63) is 30.3 Å². The summed E-state index contributed by atoms with van der Waals surface area (Å²) < 4.78 is 10.8. The first-order chi connectivity index (χ1) is 10.3. The van der Waals surface area contributed by atoms with Crippen molar-refractivity contribution in [2.45, 2.75) is 37.2 Å². The van der Waals surface area contributed by atoms with Crippen LogP contribution in [0, 0.1) is 0 Å². The average molecular weight is 372 g/mol. The van der Waals surface area contributed by atoms with Gasteiger partial charge in [-0.3, -0.25) is 0 Å². The van der Waals surface area contributed by atoms with E-state index in [-0.39, 0.29) is 20.5 Å². The molecule has 2 atom stereocenters. The van der Waals surface area contributed by atoms with Crippen molar-refractivity contribution < 1.29 is 19.1 Å². The van der Waals surface area contributed by atoms with E-state index in [0.717, 1.165) is 4.46 Å². The Bertz CT molecular complexity index is 499. The molecule has 22 heavy (non-hydrogen) atoms. The van der Waals surface area contributed by atoms with Crippen LogP contribution in [0.3, 0.4) is 0 Å². The van der Waals surface area contributed by atoms with Crippen molar-refractivity contribution >= 4 is 31.4 Å². The molecule has 0 saturated heterocycles. The summed E-state index contributed by atoms with van der Waals surface area (Å²) in [5.74, 6) is -0.862. The predicted octanol–water partition coefficient (Wildman–Crippen LogP) is 0.907. The van der Waals surface area contributed by atoms with E-state index in [1.165, 1.54) is 14.2 Å². The predicted molar refractivity (Wildman–Crippen MR) is 86.3 cm³/mol. The van der Waals surface area contributed by atoms with Gasteiger partial charge in [0.1, 0.15) is 0 Å². The van der Waals surface area contributed by atoms with E-state index in [2.05, 4.69) is 5.32 Å². The van der Waals surface area contributed by atoms with Crippen molar-refractivity contribution in [1.82, 2.24) is 5.32 Å². The molecule has 6 heteroatoms. The maximum atomic E-state index is 12.2. The van der Waals surface area contributed by atoms with E-state index < -0.39 is 22.8 Å². The third-order valence-corrected chi connectivity index (χ3v) is 5.44. The molecule has 5 nitrogen and oxygen atoms in total. The fourth-order valence-electron chi connectivity index (χ4n) is 1.87. The molecule has 1 aromatic carbocycles. The van der Waals surface area contributed by atoms with E-state index in [1.807, 2.05) is 51.1 Å². The van der Waals surface area contributed by atoms with Crippen LogP contribution in [-0.4, -0.2) is 52.7 Å². The van der Waals surface area contributed by atoms with Crippen LogP contribution in [0.2, 0.25) is 4.82 Å². The number of carbonyl (C=O) groups excluding carboxylic acids is 2. The molecule has 0 amide bonds. The molecule has 0 aliphatic rings. The van der Waals surface area contributed by atoms with Crippen LogP contribution >= 0.6 is 0 Å². The van der Waals surface area contributed by atoms with Crippen molar-refractivity contribution in [3.8, 4) is 0 Å². The minimum absolute atomic E-state index is 0.258. The Hall–Kier alpha value is -1.36. The van der Waals surface area contributed by atoms with E-state index in [0.29, 0.717) is 0 Å². The zero-order chi connectivity index (χ0) is 16.8. The van der Waals surface area contributed by atoms with Gasteiger partial charge >= 0.3 is 137 Å². The second-order valence-electron chi connectivity index (χ2n) is 5.77. The molecule has 0 radical (unpaired) electrons. The van der Waals surface area contributed by atoms with E-state index in [4.69, 9.17) is 9.47 Å². The van der Waals surface area contributed by atoms with Crippen molar-refractivity contribution in [2.24, 2.45) is 0 Å². The monoisotopic (exact) mass is 373 g/mol. The Morgan fingerprint density at radius 3 is 2.05 bits per heavy atom. The summed E-state index contributed by atoms with van der Waals surface area (Å²) in [7, 11) is 2.66. The fourth-order valence-corrected chi connectivity index (χ4v) is 4.21. The second kappa shape index (κ2) is 8.32. The van der Waals surface area contributed by atoms with Gasteiger partial charge in [-0.2, -0.15) is 0 Å². The van der Waals surface area contributed by atoms with Gasteiger partial charge in [-0.25, -0.2) is 0 Å². The quantitative estimate of drug-likeness (QED) is 0.594. The molecule has 1 rings (SSSR count). The third kappa shape index (κ3) is 5.79. The molecular weight excluding hydrogens is 349 g/mol. The Morgan fingerprint density at radius 2 is 1.59 bits per heavy atom. The van der Waals surface area contributed by atoms with Crippen LogP contribution in [0.4, 0.5) is 0 Å². The summed E-state index contributed by atoms with van der Waals surface area (Å²) in [5, 5.41) is 3.18. The third-order valence-electron chi connectivity index (χ3n) is 2.79. The van der Waals surface area contributed by atoms with Gasteiger partial charge in [0.15, 0.2) is 0 Å². The van der Waals surface area contributed by atoms with Crippen molar-refractivity contribution in [3.63, 3.8) is 0 Å². The molecular formula is C16H23NO4Se. The number of nitrogens with one attached hydrogen (secondary N) is 1. The normalized spacial score (nSPS) is 14.0. The van der Waals surface area contributed by atoms with Gasteiger partial charge < -0.3 is 0 Å². The van der Waals surface area contributed by atoms with E-state index in [9.17, 15) is 9.59 Å². The van der Waals surface area contributed by atoms with Gasteiger partial charge in [-0.15, -0.1) is 0 Å². The minimum atomic E-state index is -0.738. The number of hydrogen-bond acceptors (Lipinski definition) is 5. The summed E-state index contributed by atoms with van der Waals surface area (Å²) in [4.78, 5) is 23.8. The van der Waals surface area contributed by atoms with Gasteiger partial charge in [0.2, 0.25) is 0 Å². The van der Waals surface area contributed by atoms with Crippen LogP contribution < -0.4 is 9.78 Å². The summed E-state index contributed by atoms with van der Waals surface area (Å²) >= 11 is -0.258. The van der Waals surface area contributed by atoms with Crippen LogP contribution in [0.25, 0.3) is 0 Å². The number of benzene rings is 1. The summed E-state index contributed by atoms with van der Waals surface area (Å²) in [6.45, 7) is 5.81. The van der Waals surface area contributed by atoms with Gasteiger partial charge in [0.05, 0.1) is 0 Å². The van der Waals surface area contributed by atoms with Crippen molar-refractivity contribution in [1.29, 1.82) is 0 Å². The fraction of sp³-hybridized carbons (Fsp3) is 0.500. The maximum absolute atomic E-state index is 12.2. The van der Waals surface area contributed by atoms with Gasteiger partial charge in [-0.1, -0.05) is 0 Å². The summed E-state index contributed by atoms with van der Waals surface area (Å²) in [5.41, 5.74) is -0.335. The van der Waals surface area contributed by atoms with Crippen LogP contribution in [-0.2, 0) is 19.1 Å². The first kappa shape index (κ1) is 18.7.